The van der Waals surface area contributed by atoms with Gasteiger partial charge in [-0.15, -0.1) is 16.4 Å². The van der Waals surface area contributed by atoms with Gasteiger partial charge in [0.1, 0.15) is 0 Å². The van der Waals surface area contributed by atoms with E-state index in [0.29, 0.717) is 18.2 Å². The molecule has 7 heteroatoms. The average molecular weight is 374 g/mol. The van der Waals surface area contributed by atoms with Crippen molar-refractivity contribution in [1.82, 2.24) is 25.6 Å². The first-order valence-electron chi connectivity index (χ1n) is 9.77. The maximum Gasteiger partial charge on any atom is 0.273 e. The highest BCUT2D eigenvalue weighted by Crippen LogP contribution is 2.30. The van der Waals surface area contributed by atoms with Crippen molar-refractivity contribution in [2.24, 2.45) is 5.92 Å². The van der Waals surface area contributed by atoms with Gasteiger partial charge >= 0.3 is 0 Å². The van der Waals surface area contributed by atoms with E-state index in [1.54, 1.807) is 16.6 Å². The van der Waals surface area contributed by atoms with Crippen LogP contribution in [-0.4, -0.2) is 40.5 Å². The number of rotatable bonds is 6. The van der Waals surface area contributed by atoms with E-state index in [2.05, 4.69) is 26.3 Å². The molecule has 2 aromatic rings. The van der Waals surface area contributed by atoms with Gasteiger partial charge in [0.15, 0.2) is 5.69 Å². The standard InChI is InChI=1S/C19H27N5OS/c25-19(17-12-24(23-22-17)11-14-4-3-8-20-10-14)21-9-7-15-13-26-18-6-2-1-5-16(15)18/h12-14,20H,1-11H2,(H,21,25)/t14-/m0/s1. The number of fused-ring (bicyclic) bond motifs is 1. The van der Waals surface area contributed by atoms with Crippen molar-refractivity contribution in [2.45, 2.75) is 51.5 Å². The third kappa shape index (κ3) is 4.15. The lowest BCUT2D eigenvalue weighted by atomic mass is 9.95. The van der Waals surface area contributed by atoms with Crippen LogP contribution in [0.25, 0.3) is 0 Å². The molecule has 2 N–H and O–H groups in total. The molecule has 2 aromatic heterocycles. The van der Waals surface area contributed by atoms with Crippen LogP contribution in [0.1, 0.15) is 52.2 Å². The van der Waals surface area contributed by atoms with Crippen LogP contribution in [0.4, 0.5) is 0 Å². The minimum absolute atomic E-state index is 0.123. The van der Waals surface area contributed by atoms with E-state index >= 15 is 0 Å². The van der Waals surface area contributed by atoms with E-state index in [1.165, 1.54) is 44.1 Å². The van der Waals surface area contributed by atoms with Crippen LogP contribution in [0, 0.1) is 5.92 Å². The fourth-order valence-electron chi connectivity index (χ4n) is 4.01. The number of aryl methyl sites for hydroxylation is 1. The molecular formula is C19H27N5OS. The average Bonchev–Trinajstić information content (AvgIpc) is 3.30. The highest BCUT2D eigenvalue weighted by Gasteiger charge is 2.17. The molecular weight excluding hydrogens is 346 g/mol. The number of hydrogen-bond donors (Lipinski definition) is 2. The van der Waals surface area contributed by atoms with Crippen molar-refractivity contribution in [1.29, 1.82) is 0 Å². The molecule has 2 aliphatic rings. The van der Waals surface area contributed by atoms with E-state index in [-0.39, 0.29) is 5.91 Å². The first kappa shape index (κ1) is 17.7. The summed E-state index contributed by atoms with van der Waals surface area (Å²) < 4.78 is 1.81. The quantitative estimate of drug-likeness (QED) is 0.814. The van der Waals surface area contributed by atoms with Crippen molar-refractivity contribution >= 4 is 17.2 Å². The first-order chi connectivity index (χ1) is 12.8. The lowest BCUT2D eigenvalue weighted by Crippen LogP contribution is -2.32. The van der Waals surface area contributed by atoms with Crippen LogP contribution in [0.3, 0.4) is 0 Å². The van der Waals surface area contributed by atoms with Gasteiger partial charge in [-0.1, -0.05) is 5.21 Å². The van der Waals surface area contributed by atoms with Crippen molar-refractivity contribution in [3.8, 4) is 0 Å². The number of hydrogen-bond acceptors (Lipinski definition) is 5. The molecule has 4 rings (SSSR count). The predicted molar refractivity (Wildman–Crippen MR) is 103 cm³/mol. The van der Waals surface area contributed by atoms with Crippen LogP contribution < -0.4 is 10.6 Å². The zero-order chi connectivity index (χ0) is 17.8. The summed E-state index contributed by atoms with van der Waals surface area (Å²) in [7, 11) is 0. The predicted octanol–water partition coefficient (Wildman–Crippen LogP) is 2.19. The minimum Gasteiger partial charge on any atom is -0.350 e. The van der Waals surface area contributed by atoms with E-state index in [9.17, 15) is 4.79 Å². The molecule has 1 aliphatic carbocycles. The van der Waals surface area contributed by atoms with Gasteiger partial charge in [-0.25, -0.2) is 0 Å². The second kappa shape index (κ2) is 8.31. The molecule has 1 fully saturated rings. The molecule has 0 unspecified atom stereocenters. The molecule has 26 heavy (non-hydrogen) atoms. The van der Waals surface area contributed by atoms with Crippen LogP contribution in [-0.2, 0) is 25.8 Å². The molecule has 1 atom stereocenters. The summed E-state index contributed by atoms with van der Waals surface area (Å²) in [5.74, 6) is 0.452. The van der Waals surface area contributed by atoms with E-state index < -0.39 is 0 Å². The number of aromatic nitrogens is 3. The Morgan fingerprint density at radius 2 is 2.27 bits per heavy atom. The van der Waals surface area contributed by atoms with Crippen LogP contribution >= 0.6 is 11.3 Å². The molecule has 6 nitrogen and oxygen atoms in total. The molecule has 140 valence electrons. The second-order valence-corrected chi connectivity index (χ2v) is 8.38. The third-order valence-corrected chi connectivity index (χ3v) is 6.58. The summed E-state index contributed by atoms with van der Waals surface area (Å²) in [6.07, 6.45) is 10.1. The number of carbonyl (C=O) groups is 1. The number of amides is 1. The zero-order valence-corrected chi connectivity index (χ0v) is 16.0. The molecule has 0 aromatic carbocycles. The van der Waals surface area contributed by atoms with Gasteiger partial charge in [-0.05, 0) is 80.5 Å². The summed E-state index contributed by atoms with van der Waals surface area (Å²) in [5.41, 5.74) is 3.38. The Balaban J connectivity index is 1.26. The summed E-state index contributed by atoms with van der Waals surface area (Å²) in [5, 5.41) is 16.9. The number of carbonyl (C=O) groups excluding carboxylic acids is 1. The second-order valence-electron chi connectivity index (χ2n) is 7.41. The fraction of sp³-hybridized carbons (Fsp3) is 0.632. The van der Waals surface area contributed by atoms with Crippen LogP contribution in [0.15, 0.2) is 11.6 Å². The molecule has 0 spiro atoms. The minimum atomic E-state index is -0.123. The van der Waals surface area contributed by atoms with Gasteiger partial charge in [0.05, 0.1) is 6.20 Å². The number of nitrogens with one attached hydrogen (secondary N) is 2. The topological polar surface area (TPSA) is 71.8 Å². The van der Waals surface area contributed by atoms with Gasteiger partial charge in [0.2, 0.25) is 0 Å². The van der Waals surface area contributed by atoms with Crippen LogP contribution in [0.5, 0.6) is 0 Å². The van der Waals surface area contributed by atoms with Crippen molar-refractivity contribution < 1.29 is 4.79 Å². The van der Waals surface area contributed by atoms with Crippen LogP contribution in [0.2, 0.25) is 0 Å². The fourth-order valence-corrected chi connectivity index (χ4v) is 5.19. The Bertz CT molecular complexity index is 747. The summed E-state index contributed by atoms with van der Waals surface area (Å²) in [4.78, 5) is 13.9. The Kier molecular flexibility index (Phi) is 5.65. The Hall–Kier alpha value is -1.73. The SMILES string of the molecule is O=C(NCCc1csc2c1CCCC2)c1cn(C[C@H]2CCCNC2)nn1. The molecule has 0 radical (unpaired) electrons. The Labute approximate surface area is 158 Å². The highest BCUT2D eigenvalue weighted by atomic mass is 32.1. The zero-order valence-electron chi connectivity index (χ0n) is 15.2. The van der Waals surface area contributed by atoms with Crippen molar-refractivity contribution in [3.05, 3.63) is 33.3 Å². The lowest BCUT2D eigenvalue weighted by Gasteiger charge is -2.22. The van der Waals surface area contributed by atoms with E-state index in [4.69, 9.17) is 0 Å². The van der Waals surface area contributed by atoms with E-state index in [0.717, 1.165) is 26.1 Å². The molecule has 0 saturated carbocycles. The van der Waals surface area contributed by atoms with Gasteiger partial charge in [0.25, 0.3) is 5.91 Å². The summed E-state index contributed by atoms with van der Waals surface area (Å²) in [6, 6.07) is 0. The highest BCUT2D eigenvalue weighted by molar-refractivity contribution is 7.10. The monoisotopic (exact) mass is 373 g/mol. The largest absolute Gasteiger partial charge is 0.350 e. The summed E-state index contributed by atoms with van der Waals surface area (Å²) in [6.45, 7) is 3.61. The normalized spacial score (nSPS) is 19.9. The molecule has 1 aliphatic heterocycles. The number of piperidine rings is 1. The van der Waals surface area contributed by atoms with Crippen molar-refractivity contribution in [2.75, 3.05) is 19.6 Å². The molecule has 3 heterocycles. The smallest absolute Gasteiger partial charge is 0.273 e. The van der Waals surface area contributed by atoms with Gasteiger partial charge < -0.3 is 10.6 Å². The number of nitrogens with zero attached hydrogens (tertiary/aromatic N) is 3. The molecule has 1 saturated heterocycles. The van der Waals surface area contributed by atoms with Crippen molar-refractivity contribution in [3.63, 3.8) is 0 Å². The summed E-state index contributed by atoms with van der Waals surface area (Å²) >= 11 is 1.88. The molecule has 0 bridgehead atoms. The Morgan fingerprint density at radius 3 is 3.15 bits per heavy atom. The number of thiophene rings is 1. The maximum atomic E-state index is 12.3. The maximum absolute atomic E-state index is 12.3. The van der Waals surface area contributed by atoms with Gasteiger partial charge in [-0.3, -0.25) is 9.48 Å². The molecule has 1 amide bonds. The lowest BCUT2D eigenvalue weighted by molar-refractivity contribution is 0.0949. The van der Waals surface area contributed by atoms with Gasteiger partial charge in [0, 0.05) is 18.0 Å². The van der Waals surface area contributed by atoms with E-state index in [1.807, 2.05) is 16.0 Å². The Morgan fingerprint density at radius 1 is 1.35 bits per heavy atom. The third-order valence-electron chi connectivity index (χ3n) is 5.44. The van der Waals surface area contributed by atoms with Gasteiger partial charge in [-0.2, -0.15) is 0 Å². The first-order valence-corrected chi connectivity index (χ1v) is 10.6.